The van der Waals surface area contributed by atoms with Gasteiger partial charge in [-0.3, -0.25) is 0 Å². The van der Waals surface area contributed by atoms with Crippen LogP contribution in [0.4, 0.5) is 0 Å². The van der Waals surface area contributed by atoms with Crippen LogP contribution in [0.15, 0.2) is 47.6 Å². The largest absolute Gasteiger partial charge is 0.481 e. The predicted octanol–water partition coefficient (Wildman–Crippen LogP) is 5.16. The molecule has 6 aliphatic carbocycles. The fraction of sp³-hybridized carbons (Fsp3) is 0.562. The van der Waals surface area contributed by atoms with E-state index in [1.807, 2.05) is 18.2 Å². The Balaban J connectivity index is 1.08. The van der Waals surface area contributed by atoms with Gasteiger partial charge >= 0.3 is 0 Å². The molecule has 2 N–H and O–H groups in total. The van der Waals surface area contributed by atoms with Gasteiger partial charge in [-0.1, -0.05) is 69.6 Å². The number of ether oxygens (including phenoxy) is 2. The minimum atomic E-state index is -0.719. The first-order valence-electron chi connectivity index (χ1n) is 13.3. The molecule has 4 heteroatoms. The number of aliphatic hydroxyl groups is 2. The highest BCUT2D eigenvalue weighted by atomic mass is 16.5. The van der Waals surface area contributed by atoms with Gasteiger partial charge in [-0.2, -0.15) is 0 Å². The van der Waals surface area contributed by atoms with Crippen LogP contribution in [0.3, 0.4) is 0 Å². The van der Waals surface area contributed by atoms with Crippen molar-refractivity contribution < 1.29 is 19.7 Å². The Bertz CT molecular complexity index is 1090. The summed E-state index contributed by atoms with van der Waals surface area (Å²) >= 11 is 0. The lowest BCUT2D eigenvalue weighted by molar-refractivity contribution is -0.0169. The molecule has 2 saturated carbocycles. The van der Waals surface area contributed by atoms with Crippen molar-refractivity contribution in [1.29, 1.82) is 0 Å². The first kappa shape index (κ1) is 25.0. The summed E-state index contributed by atoms with van der Waals surface area (Å²) in [6.45, 7) is 9.57. The van der Waals surface area contributed by atoms with E-state index in [0.29, 0.717) is 23.3 Å². The topological polar surface area (TPSA) is 58.9 Å². The number of fused-ring (bicyclic) bond motifs is 2. The van der Waals surface area contributed by atoms with E-state index in [0.717, 1.165) is 35.8 Å². The Kier molecular flexibility index (Phi) is 6.71. The molecular formula is C32H38O4. The quantitative estimate of drug-likeness (QED) is 0.431. The molecule has 4 nitrogen and oxygen atoms in total. The second-order valence-electron chi connectivity index (χ2n) is 12.0. The van der Waals surface area contributed by atoms with Crippen LogP contribution < -0.4 is 9.47 Å². The highest BCUT2D eigenvalue weighted by molar-refractivity contribution is 5.35. The summed E-state index contributed by atoms with van der Waals surface area (Å²) in [5, 5.41) is 21.2. The van der Waals surface area contributed by atoms with Gasteiger partial charge in [-0.05, 0) is 83.5 Å². The van der Waals surface area contributed by atoms with E-state index >= 15 is 0 Å². The lowest BCUT2D eigenvalue weighted by Crippen LogP contribution is -2.49. The maximum absolute atomic E-state index is 10.6. The van der Waals surface area contributed by atoms with Crippen molar-refractivity contribution >= 4 is 0 Å². The molecule has 6 aliphatic rings. The van der Waals surface area contributed by atoms with E-state index in [1.54, 1.807) is 6.07 Å². The summed E-state index contributed by atoms with van der Waals surface area (Å²) in [7, 11) is 0. The molecule has 36 heavy (non-hydrogen) atoms. The van der Waals surface area contributed by atoms with Crippen LogP contribution >= 0.6 is 0 Å². The van der Waals surface area contributed by atoms with Gasteiger partial charge < -0.3 is 19.7 Å². The molecule has 1 aromatic carbocycles. The van der Waals surface area contributed by atoms with E-state index in [-0.39, 0.29) is 24.0 Å². The molecule has 2 unspecified atom stereocenters. The van der Waals surface area contributed by atoms with Crippen molar-refractivity contribution in [3.63, 3.8) is 0 Å². The zero-order chi connectivity index (χ0) is 25.5. The number of hydrogen-bond acceptors (Lipinski definition) is 4. The lowest BCUT2D eigenvalue weighted by Gasteiger charge is -2.56. The van der Waals surface area contributed by atoms with Crippen molar-refractivity contribution in [1.82, 2.24) is 0 Å². The van der Waals surface area contributed by atoms with Crippen molar-refractivity contribution in [2.75, 3.05) is 13.2 Å². The van der Waals surface area contributed by atoms with Gasteiger partial charge in [0, 0.05) is 6.07 Å². The molecule has 0 saturated heterocycles. The molecule has 7 rings (SSSR count). The summed E-state index contributed by atoms with van der Waals surface area (Å²) in [6.07, 6.45) is 7.35. The maximum atomic E-state index is 10.6. The molecule has 0 heterocycles. The molecule has 4 bridgehead atoms. The minimum Gasteiger partial charge on any atom is -0.481 e. The molecule has 0 aliphatic heterocycles. The normalized spacial score (nSPS) is 29.8. The van der Waals surface area contributed by atoms with Crippen molar-refractivity contribution in [3.8, 4) is 35.2 Å². The van der Waals surface area contributed by atoms with E-state index in [9.17, 15) is 10.2 Å². The molecular weight excluding hydrogens is 448 g/mol. The smallest absolute Gasteiger partial charge is 0.149 e. The standard InChI is InChI=1S/C32H38O4/c1-31(2)21-12-14-25(27(31)18-21)29(33)10-6-16-35-23-8-5-9-24(20-23)36-17-7-11-30(34)26-15-13-22-19-28(26)32(22,3)4/h5,8-9,14-15,20-22,27-30,33-34H,12-13,16-19H2,1-4H3/t21-,22-,27-,28-,29?,30?/m0/s1. The fourth-order valence-corrected chi connectivity index (χ4v) is 6.74. The van der Waals surface area contributed by atoms with Crippen molar-refractivity contribution in [2.45, 2.75) is 65.6 Å². The molecule has 1 aromatic rings. The maximum Gasteiger partial charge on any atom is 0.149 e. The molecule has 6 atom stereocenters. The SMILES string of the molecule is CC1(C)[C@H]2CC=C(C(O)C#CCOc3cccc(OCC#CC(O)C4=CC[C@H]5C[C@@H]4C5(C)C)c3)[C@@H]1C2. The van der Waals surface area contributed by atoms with Gasteiger partial charge in [-0.25, -0.2) is 0 Å². The second-order valence-corrected chi connectivity index (χ2v) is 12.0. The first-order chi connectivity index (χ1) is 17.2. The van der Waals surface area contributed by atoms with Crippen molar-refractivity contribution in [2.24, 2.45) is 34.5 Å². The summed E-state index contributed by atoms with van der Waals surface area (Å²) < 4.78 is 11.5. The molecule has 0 amide bonds. The summed E-state index contributed by atoms with van der Waals surface area (Å²) in [5.41, 5.74) is 2.71. The van der Waals surface area contributed by atoms with Gasteiger partial charge in [0.2, 0.25) is 0 Å². The minimum absolute atomic E-state index is 0.198. The number of rotatable bonds is 6. The van der Waals surface area contributed by atoms with Crippen LogP contribution in [0, 0.1) is 58.2 Å². The zero-order valence-electron chi connectivity index (χ0n) is 21.9. The monoisotopic (exact) mass is 486 g/mol. The Morgan fingerprint density at radius 3 is 1.64 bits per heavy atom. The van der Waals surface area contributed by atoms with E-state index in [4.69, 9.17) is 9.47 Å². The van der Waals surface area contributed by atoms with Crippen LogP contribution in [-0.2, 0) is 0 Å². The number of allylic oxidation sites excluding steroid dienone is 2. The Labute approximate surface area is 215 Å². The number of benzene rings is 1. The first-order valence-corrected chi connectivity index (χ1v) is 13.3. The molecule has 0 aromatic heterocycles. The summed E-state index contributed by atoms with van der Waals surface area (Å²) in [6, 6.07) is 7.37. The van der Waals surface area contributed by atoms with Gasteiger partial charge in [0.1, 0.15) is 36.9 Å². The van der Waals surface area contributed by atoms with E-state index < -0.39 is 12.2 Å². The number of hydrogen-bond donors (Lipinski definition) is 2. The van der Waals surface area contributed by atoms with Crippen molar-refractivity contribution in [3.05, 3.63) is 47.6 Å². The fourth-order valence-electron chi connectivity index (χ4n) is 6.74. The average Bonchev–Trinajstić information content (AvgIpc) is 2.88. The molecule has 0 spiro atoms. The highest BCUT2D eigenvalue weighted by Crippen LogP contribution is 2.60. The third-order valence-corrected chi connectivity index (χ3v) is 9.56. The predicted molar refractivity (Wildman–Crippen MR) is 141 cm³/mol. The molecule has 190 valence electrons. The van der Waals surface area contributed by atoms with Gasteiger partial charge in [0.15, 0.2) is 0 Å². The third kappa shape index (κ3) is 4.58. The van der Waals surface area contributed by atoms with Crippen LogP contribution in [-0.4, -0.2) is 35.6 Å². The third-order valence-electron chi connectivity index (χ3n) is 9.56. The second kappa shape index (κ2) is 9.66. The Morgan fingerprint density at radius 1 is 0.806 bits per heavy atom. The van der Waals surface area contributed by atoms with Crippen LogP contribution in [0.1, 0.15) is 53.4 Å². The summed E-state index contributed by atoms with van der Waals surface area (Å²) in [4.78, 5) is 0. The van der Waals surface area contributed by atoms with Gasteiger partial charge in [0.05, 0.1) is 0 Å². The van der Waals surface area contributed by atoms with Gasteiger partial charge in [0.25, 0.3) is 0 Å². The van der Waals surface area contributed by atoms with Crippen LogP contribution in [0.2, 0.25) is 0 Å². The zero-order valence-corrected chi connectivity index (χ0v) is 21.9. The molecule has 0 radical (unpaired) electrons. The van der Waals surface area contributed by atoms with Gasteiger partial charge in [-0.15, -0.1) is 0 Å². The van der Waals surface area contributed by atoms with E-state index in [1.165, 1.54) is 12.8 Å². The summed E-state index contributed by atoms with van der Waals surface area (Å²) in [5.74, 6) is 15.5. The van der Waals surface area contributed by atoms with E-state index in [2.05, 4.69) is 63.5 Å². The van der Waals surface area contributed by atoms with Crippen LogP contribution in [0.5, 0.6) is 11.5 Å². The Hall–Kier alpha value is -2.66. The van der Waals surface area contributed by atoms with Crippen LogP contribution in [0.25, 0.3) is 0 Å². The average molecular weight is 487 g/mol. The Morgan fingerprint density at radius 2 is 1.25 bits per heavy atom. The number of aliphatic hydroxyl groups excluding tert-OH is 2. The molecule has 2 fully saturated rings. The highest BCUT2D eigenvalue weighted by Gasteiger charge is 2.53. The lowest BCUT2D eigenvalue weighted by atomic mass is 9.48.